The zero-order valence-electron chi connectivity index (χ0n) is 16.8. The van der Waals surface area contributed by atoms with Gasteiger partial charge in [-0.2, -0.15) is 0 Å². The molecule has 28 heavy (non-hydrogen) atoms. The molecule has 0 aliphatic carbocycles. The van der Waals surface area contributed by atoms with Crippen molar-refractivity contribution in [2.75, 3.05) is 39.8 Å². The second-order valence-electron chi connectivity index (χ2n) is 8.10. The number of likely N-dealkylation sites (N-methyl/N-ethyl adjacent to an activating group) is 1. The van der Waals surface area contributed by atoms with E-state index in [9.17, 15) is 9.18 Å². The summed E-state index contributed by atoms with van der Waals surface area (Å²) < 4.78 is 15.6. The van der Waals surface area contributed by atoms with Crippen LogP contribution >= 0.6 is 0 Å². The largest absolute Gasteiger partial charge is 0.343 e. The lowest BCUT2D eigenvalue weighted by Crippen LogP contribution is -2.35. The van der Waals surface area contributed by atoms with Crippen molar-refractivity contribution in [3.63, 3.8) is 0 Å². The van der Waals surface area contributed by atoms with Crippen LogP contribution in [0.2, 0.25) is 0 Å². The molecule has 2 aromatic rings. The summed E-state index contributed by atoms with van der Waals surface area (Å²) >= 11 is 0. The summed E-state index contributed by atoms with van der Waals surface area (Å²) in [5.74, 6) is -0.0465. The second-order valence-corrected chi connectivity index (χ2v) is 8.10. The number of fused-ring (bicyclic) bond motifs is 1. The SMILES string of the molecule is CN1CCCN(C(=O)c2cc3c(n2C)CCN(Cc2cccc(F)c2)C3)CC1. The minimum Gasteiger partial charge on any atom is -0.343 e. The fourth-order valence-corrected chi connectivity index (χ4v) is 4.40. The Hall–Kier alpha value is -2.18. The van der Waals surface area contributed by atoms with E-state index in [1.807, 2.05) is 18.0 Å². The first-order valence-corrected chi connectivity index (χ1v) is 10.1. The summed E-state index contributed by atoms with van der Waals surface area (Å²) in [6.07, 6.45) is 1.94. The number of carbonyl (C=O) groups is 1. The minimum absolute atomic E-state index is 0.142. The average Bonchev–Trinajstić information content (AvgIpc) is 2.84. The van der Waals surface area contributed by atoms with Gasteiger partial charge in [-0.25, -0.2) is 4.39 Å². The summed E-state index contributed by atoms with van der Waals surface area (Å²) in [6, 6.07) is 8.89. The Kier molecular flexibility index (Phi) is 5.51. The number of benzene rings is 1. The average molecular weight is 384 g/mol. The Labute approximate surface area is 166 Å². The Bertz CT molecular complexity index is 862. The van der Waals surface area contributed by atoms with Crippen molar-refractivity contribution in [1.29, 1.82) is 0 Å². The van der Waals surface area contributed by atoms with E-state index in [-0.39, 0.29) is 11.7 Å². The molecule has 3 heterocycles. The standard InChI is InChI=1S/C22H29FN4O/c1-24-8-4-9-27(12-11-24)22(28)21-14-18-16-26(10-7-20(18)25(21)2)15-17-5-3-6-19(23)13-17/h3,5-6,13-14H,4,7-12,15-16H2,1-2H3. The van der Waals surface area contributed by atoms with Crippen LogP contribution in [0, 0.1) is 5.82 Å². The molecule has 0 saturated carbocycles. The lowest BCUT2D eigenvalue weighted by molar-refractivity contribution is 0.0753. The molecule has 1 aromatic carbocycles. The van der Waals surface area contributed by atoms with Gasteiger partial charge < -0.3 is 14.4 Å². The Balaban J connectivity index is 1.48. The number of rotatable bonds is 3. The number of carbonyl (C=O) groups excluding carboxylic acids is 1. The van der Waals surface area contributed by atoms with Crippen LogP contribution in [0.5, 0.6) is 0 Å². The van der Waals surface area contributed by atoms with E-state index in [1.165, 1.54) is 17.3 Å². The van der Waals surface area contributed by atoms with Gasteiger partial charge in [0.2, 0.25) is 0 Å². The molecule has 1 amide bonds. The van der Waals surface area contributed by atoms with E-state index in [0.717, 1.165) is 69.9 Å². The van der Waals surface area contributed by atoms with E-state index in [1.54, 1.807) is 12.1 Å². The highest BCUT2D eigenvalue weighted by molar-refractivity contribution is 5.93. The highest BCUT2D eigenvalue weighted by Crippen LogP contribution is 2.25. The first-order chi connectivity index (χ1) is 13.5. The topological polar surface area (TPSA) is 31.7 Å². The smallest absolute Gasteiger partial charge is 0.270 e. The van der Waals surface area contributed by atoms with Gasteiger partial charge in [0.05, 0.1) is 0 Å². The quantitative estimate of drug-likeness (QED) is 0.815. The molecule has 0 bridgehead atoms. The molecule has 5 nitrogen and oxygen atoms in total. The first-order valence-electron chi connectivity index (χ1n) is 10.1. The van der Waals surface area contributed by atoms with Crippen LogP contribution in [-0.4, -0.2) is 64.9 Å². The summed E-state index contributed by atoms with van der Waals surface area (Å²) in [7, 11) is 4.13. The van der Waals surface area contributed by atoms with Gasteiger partial charge in [-0.15, -0.1) is 0 Å². The highest BCUT2D eigenvalue weighted by atomic mass is 19.1. The molecular weight excluding hydrogens is 355 g/mol. The maximum absolute atomic E-state index is 13.5. The summed E-state index contributed by atoms with van der Waals surface area (Å²) in [6.45, 7) is 6.04. The predicted molar refractivity (Wildman–Crippen MR) is 108 cm³/mol. The molecule has 0 atom stereocenters. The van der Waals surface area contributed by atoms with Crippen LogP contribution in [-0.2, 0) is 26.6 Å². The lowest BCUT2D eigenvalue weighted by Gasteiger charge is -2.27. The molecule has 0 spiro atoms. The minimum atomic E-state index is -0.189. The van der Waals surface area contributed by atoms with Crippen molar-refractivity contribution in [3.8, 4) is 0 Å². The summed E-state index contributed by atoms with van der Waals surface area (Å²) in [5.41, 5.74) is 4.26. The summed E-state index contributed by atoms with van der Waals surface area (Å²) in [5, 5.41) is 0. The molecule has 2 aliphatic rings. The zero-order chi connectivity index (χ0) is 19.7. The van der Waals surface area contributed by atoms with Crippen molar-refractivity contribution in [2.24, 2.45) is 7.05 Å². The van der Waals surface area contributed by atoms with Crippen LogP contribution < -0.4 is 0 Å². The van der Waals surface area contributed by atoms with Crippen molar-refractivity contribution in [1.82, 2.24) is 19.3 Å². The normalized spacial score (nSPS) is 18.8. The monoisotopic (exact) mass is 384 g/mol. The van der Waals surface area contributed by atoms with E-state index in [0.29, 0.717) is 0 Å². The maximum Gasteiger partial charge on any atom is 0.270 e. The molecule has 0 unspecified atom stereocenters. The number of amides is 1. The molecule has 1 aromatic heterocycles. The number of hydrogen-bond acceptors (Lipinski definition) is 3. The predicted octanol–water partition coefficient (Wildman–Crippen LogP) is 2.50. The molecular formula is C22H29FN4O. The Morgan fingerprint density at radius 3 is 2.75 bits per heavy atom. The molecule has 4 rings (SSSR count). The molecule has 1 saturated heterocycles. The zero-order valence-corrected chi connectivity index (χ0v) is 16.8. The molecule has 0 radical (unpaired) electrons. The summed E-state index contributed by atoms with van der Waals surface area (Å²) in [4.78, 5) is 19.7. The molecule has 6 heteroatoms. The van der Waals surface area contributed by atoms with Crippen LogP contribution in [0.3, 0.4) is 0 Å². The molecule has 1 fully saturated rings. The van der Waals surface area contributed by atoms with Gasteiger partial charge in [-0.3, -0.25) is 9.69 Å². The van der Waals surface area contributed by atoms with Crippen molar-refractivity contribution in [2.45, 2.75) is 25.9 Å². The maximum atomic E-state index is 13.5. The van der Waals surface area contributed by atoms with Crippen molar-refractivity contribution in [3.05, 3.63) is 58.7 Å². The number of aromatic nitrogens is 1. The third-order valence-corrected chi connectivity index (χ3v) is 6.03. The molecule has 2 aliphatic heterocycles. The number of hydrogen-bond donors (Lipinski definition) is 0. The Morgan fingerprint density at radius 2 is 1.93 bits per heavy atom. The van der Waals surface area contributed by atoms with E-state index < -0.39 is 0 Å². The van der Waals surface area contributed by atoms with E-state index >= 15 is 0 Å². The van der Waals surface area contributed by atoms with Gasteiger partial charge in [0.1, 0.15) is 11.5 Å². The molecule has 150 valence electrons. The van der Waals surface area contributed by atoms with Crippen molar-refractivity contribution < 1.29 is 9.18 Å². The second kappa shape index (κ2) is 8.05. The van der Waals surface area contributed by atoms with Crippen LogP contribution in [0.15, 0.2) is 30.3 Å². The van der Waals surface area contributed by atoms with Crippen molar-refractivity contribution >= 4 is 5.91 Å². The fourth-order valence-electron chi connectivity index (χ4n) is 4.40. The van der Waals surface area contributed by atoms with Gasteiger partial charge in [0.15, 0.2) is 0 Å². The Morgan fingerprint density at radius 1 is 1.07 bits per heavy atom. The number of nitrogens with zero attached hydrogens (tertiary/aromatic N) is 4. The van der Waals surface area contributed by atoms with Crippen LogP contribution in [0.1, 0.15) is 33.7 Å². The van der Waals surface area contributed by atoms with Gasteiger partial charge in [-0.1, -0.05) is 12.1 Å². The van der Waals surface area contributed by atoms with Gasteiger partial charge >= 0.3 is 0 Å². The van der Waals surface area contributed by atoms with E-state index in [2.05, 4.69) is 27.5 Å². The third kappa shape index (κ3) is 3.98. The highest BCUT2D eigenvalue weighted by Gasteiger charge is 2.26. The van der Waals surface area contributed by atoms with Gasteiger partial charge in [-0.05, 0) is 49.3 Å². The van der Waals surface area contributed by atoms with E-state index in [4.69, 9.17) is 0 Å². The van der Waals surface area contributed by atoms with Gasteiger partial charge in [0.25, 0.3) is 5.91 Å². The third-order valence-electron chi connectivity index (χ3n) is 6.03. The lowest BCUT2D eigenvalue weighted by atomic mass is 10.1. The van der Waals surface area contributed by atoms with Gasteiger partial charge in [0, 0.05) is 58.4 Å². The molecule has 0 N–H and O–H groups in total. The van der Waals surface area contributed by atoms with Crippen LogP contribution in [0.25, 0.3) is 0 Å². The van der Waals surface area contributed by atoms with Crippen LogP contribution in [0.4, 0.5) is 4.39 Å². The number of halogens is 1. The first kappa shape index (κ1) is 19.2. The fraction of sp³-hybridized carbons (Fsp3) is 0.500.